The summed E-state index contributed by atoms with van der Waals surface area (Å²) < 4.78 is 5.45. The van der Waals surface area contributed by atoms with Crippen LogP contribution in [0.5, 0.6) is 0 Å². The van der Waals surface area contributed by atoms with Gasteiger partial charge in [0.1, 0.15) is 18.8 Å². The number of aryl methyl sites for hydroxylation is 1. The number of hydrogen-bond acceptors (Lipinski definition) is 5. The zero-order chi connectivity index (χ0) is 22.0. The molecule has 0 fully saturated rings. The molecule has 160 valence electrons. The fourth-order valence-corrected chi connectivity index (χ4v) is 4.12. The van der Waals surface area contributed by atoms with Gasteiger partial charge in [0.2, 0.25) is 0 Å². The first kappa shape index (κ1) is 20.9. The maximum Gasteiger partial charge on any atom is 0.407 e. The van der Waals surface area contributed by atoms with Gasteiger partial charge in [-0.3, -0.25) is 0 Å². The minimum atomic E-state index is -1.22. The summed E-state index contributed by atoms with van der Waals surface area (Å²) in [6.45, 7) is 1.91. The van der Waals surface area contributed by atoms with Gasteiger partial charge in [0.15, 0.2) is 0 Å². The van der Waals surface area contributed by atoms with Crippen LogP contribution < -0.4 is 11.1 Å². The van der Waals surface area contributed by atoms with Gasteiger partial charge in [0, 0.05) is 23.7 Å². The number of benzene rings is 3. The summed E-state index contributed by atoms with van der Waals surface area (Å²) in [5.41, 5.74) is 12.3. The number of ether oxygens (including phenoxy) is 1. The van der Waals surface area contributed by atoms with Gasteiger partial charge in [-0.15, -0.1) is 0 Å². The van der Waals surface area contributed by atoms with E-state index in [-0.39, 0.29) is 19.1 Å². The van der Waals surface area contributed by atoms with Gasteiger partial charge in [-0.05, 0) is 40.8 Å². The molecule has 5 N–H and O–H groups in total. The van der Waals surface area contributed by atoms with Crippen LogP contribution in [0.25, 0.3) is 11.1 Å². The highest BCUT2D eigenvalue weighted by atomic mass is 16.5. The molecule has 0 saturated carbocycles. The number of carbonyl (C=O) groups is 1. The van der Waals surface area contributed by atoms with Gasteiger partial charge in [-0.25, -0.2) is 4.79 Å². The molecule has 0 bridgehead atoms. The topological polar surface area (TPSA) is 105 Å². The van der Waals surface area contributed by atoms with Crippen LogP contribution in [0.15, 0.2) is 66.7 Å². The Labute approximate surface area is 181 Å². The molecular formula is C25H26N2O4. The number of nitrogens with one attached hydrogen (secondary N) is 1. The van der Waals surface area contributed by atoms with Gasteiger partial charge in [0.05, 0.1) is 0 Å². The third kappa shape index (κ3) is 4.26. The fourth-order valence-electron chi connectivity index (χ4n) is 4.12. The first-order valence-corrected chi connectivity index (χ1v) is 10.3. The van der Waals surface area contributed by atoms with E-state index < -0.39 is 18.3 Å². The third-order valence-electron chi connectivity index (χ3n) is 5.72. The van der Waals surface area contributed by atoms with Crippen LogP contribution in [0.2, 0.25) is 0 Å². The number of aliphatic hydroxyl groups is 2. The van der Waals surface area contributed by atoms with E-state index in [4.69, 9.17) is 10.5 Å². The number of aliphatic hydroxyl groups excluding tert-OH is 2. The van der Waals surface area contributed by atoms with Gasteiger partial charge in [-0.2, -0.15) is 0 Å². The van der Waals surface area contributed by atoms with Crippen LogP contribution in [-0.2, 0) is 4.74 Å². The molecule has 0 spiro atoms. The van der Waals surface area contributed by atoms with Gasteiger partial charge in [-0.1, -0.05) is 60.7 Å². The SMILES string of the molecule is Cc1ccc(C(O)C(O)CNC(=O)OCC2c3ccccc3-c3ccccc32)c(N)c1. The minimum Gasteiger partial charge on any atom is -0.449 e. The summed E-state index contributed by atoms with van der Waals surface area (Å²) in [6, 6.07) is 21.4. The molecule has 4 rings (SSSR count). The number of hydrogen-bond donors (Lipinski definition) is 4. The molecule has 1 aliphatic rings. The number of nitrogens with two attached hydrogens (primary N) is 1. The van der Waals surface area contributed by atoms with Gasteiger partial charge >= 0.3 is 6.09 Å². The Hall–Kier alpha value is -3.35. The summed E-state index contributed by atoms with van der Waals surface area (Å²) >= 11 is 0. The van der Waals surface area contributed by atoms with Crippen LogP contribution in [0.4, 0.5) is 10.5 Å². The Bertz CT molecular complexity index is 1050. The van der Waals surface area contributed by atoms with Crippen molar-refractivity contribution in [1.82, 2.24) is 5.32 Å². The number of nitrogen functional groups attached to an aromatic ring is 1. The van der Waals surface area contributed by atoms with Crippen molar-refractivity contribution >= 4 is 11.8 Å². The largest absolute Gasteiger partial charge is 0.449 e. The maximum absolute atomic E-state index is 12.2. The van der Waals surface area contributed by atoms with E-state index in [1.54, 1.807) is 18.2 Å². The molecule has 1 aliphatic carbocycles. The first-order chi connectivity index (χ1) is 15.0. The highest BCUT2D eigenvalue weighted by Crippen LogP contribution is 2.44. The van der Waals surface area contributed by atoms with E-state index in [9.17, 15) is 15.0 Å². The highest BCUT2D eigenvalue weighted by molar-refractivity contribution is 5.79. The lowest BCUT2D eigenvalue weighted by Crippen LogP contribution is -2.36. The van der Waals surface area contributed by atoms with E-state index in [1.165, 1.54) is 0 Å². The number of alkyl carbamates (subject to hydrolysis) is 1. The number of fused-ring (bicyclic) bond motifs is 3. The van der Waals surface area contributed by atoms with E-state index >= 15 is 0 Å². The van der Waals surface area contributed by atoms with Gasteiger partial charge in [0.25, 0.3) is 0 Å². The molecule has 0 aromatic heterocycles. The lowest BCUT2D eigenvalue weighted by atomic mass is 9.98. The minimum absolute atomic E-state index is 0.0407. The van der Waals surface area contributed by atoms with Crippen molar-refractivity contribution in [2.45, 2.75) is 25.0 Å². The lowest BCUT2D eigenvalue weighted by molar-refractivity contribution is 0.0189. The first-order valence-electron chi connectivity index (χ1n) is 10.3. The molecule has 31 heavy (non-hydrogen) atoms. The molecule has 3 aromatic rings. The van der Waals surface area contributed by atoms with Crippen LogP contribution in [0.3, 0.4) is 0 Å². The van der Waals surface area contributed by atoms with Crippen LogP contribution in [0.1, 0.15) is 34.3 Å². The van der Waals surface area contributed by atoms with Crippen molar-refractivity contribution in [3.8, 4) is 11.1 Å². The molecule has 6 nitrogen and oxygen atoms in total. The second-order valence-electron chi connectivity index (χ2n) is 7.85. The molecule has 1 amide bonds. The summed E-state index contributed by atoms with van der Waals surface area (Å²) in [7, 11) is 0. The molecule has 3 aromatic carbocycles. The molecule has 2 atom stereocenters. The quantitative estimate of drug-likeness (QED) is 0.459. The number of amides is 1. The van der Waals surface area contributed by atoms with Crippen LogP contribution in [-0.4, -0.2) is 35.6 Å². The second-order valence-corrected chi connectivity index (χ2v) is 7.85. The fraction of sp³-hybridized carbons (Fsp3) is 0.240. The molecule has 0 heterocycles. The summed E-state index contributed by atoms with van der Waals surface area (Å²) in [5, 5.41) is 23.2. The zero-order valence-electron chi connectivity index (χ0n) is 17.3. The molecule has 2 unspecified atom stereocenters. The molecule has 6 heteroatoms. The number of anilines is 1. The molecule has 0 saturated heterocycles. The average molecular weight is 418 g/mol. The molecule has 0 radical (unpaired) electrons. The number of carbonyl (C=O) groups excluding carboxylic acids is 1. The maximum atomic E-state index is 12.2. The third-order valence-corrected chi connectivity index (χ3v) is 5.72. The Morgan fingerprint density at radius 3 is 2.26 bits per heavy atom. The van der Waals surface area contributed by atoms with Crippen LogP contribution in [0, 0.1) is 6.92 Å². The predicted octanol–water partition coefficient (Wildman–Crippen LogP) is 3.51. The molecule has 0 aliphatic heterocycles. The Morgan fingerprint density at radius 1 is 1.03 bits per heavy atom. The van der Waals surface area contributed by atoms with E-state index in [1.807, 2.05) is 43.3 Å². The van der Waals surface area contributed by atoms with E-state index in [0.717, 1.165) is 27.8 Å². The van der Waals surface area contributed by atoms with Crippen molar-refractivity contribution in [3.63, 3.8) is 0 Å². The highest BCUT2D eigenvalue weighted by Gasteiger charge is 2.29. The predicted molar refractivity (Wildman–Crippen MR) is 120 cm³/mol. The number of rotatable bonds is 6. The van der Waals surface area contributed by atoms with Crippen molar-refractivity contribution in [2.24, 2.45) is 0 Å². The smallest absolute Gasteiger partial charge is 0.407 e. The van der Waals surface area contributed by atoms with E-state index in [2.05, 4.69) is 17.4 Å². The Morgan fingerprint density at radius 2 is 1.65 bits per heavy atom. The van der Waals surface area contributed by atoms with Crippen molar-refractivity contribution in [2.75, 3.05) is 18.9 Å². The Balaban J connectivity index is 1.35. The summed E-state index contributed by atoms with van der Waals surface area (Å²) in [6.07, 6.45) is -3.08. The Kier molecular flexibility index (Phi) is 5.93. The lowest BCUT2D eigenvalue weighted by Gasteiger charge is -2.20. The summed E-state index contributed by atoms with van der Waals surface area (Å²) in [5.74, 6) is -0.0407. The van der Waals surface area contributed by atoms with Crippen molar-refractivity contribution in [1.29, 1.82) is 0 Å². The average Bonchev–Trinajstić information content (AvgIpc) is 3.09. The normalized spacial score (nSPS) is 14.4. The summed E-state index contributed by atoms with van der Waals surface area (Å²) in [4.78, 5) is 12.2. The van der Waals surface area contributed by atoms with Crippen molar-refractivity contribution in [3.05, 3.63) is 89.0 Å². The standard InChI is InChI=1S/C25H26N2O4/c1-15-10-11-20(22(26)12-15)24(29)23(28)13-27-25(30)31-14-21-18-8-4-2-6-16(18)17-7-3-5-9-19(17)21/h2-12,21,23-24,28-29H,13-14,26H2,1H3,(H,27,30). The monoisotopic (exact) mass is 418 g/mol. The van der Waals surface area contributed by atoms with E-state index in [0.29, 0.717) is 11.3 Å². The zero-order valence-corrected chi connectivity index (χ0v) is 17.3. The van der Waals surface area contributed by atoms with Crippen LogP contribution >= 0.6 is 0 Å². The molecular weight excluding hydrogens is 392 g/mol. The second kappa shape index (κ2) is 8.79. The van der Waals surface area contributed by atoms with Gasteiger partial charge < -0.3 is 26.0 Å². The van der Waals surface area contributed by atoms with Crippen molar-refractivity contribution < 1.29 is 19.7 Å².